The minimum Gasteiger partial charge on any atom is -0.494 e. The van der Waals surface area contributed by atoms with Gasteiger partial charge < -0.3 is 4.74 Å². The second-order valence-electron chi connectivity index (χ2n) is 3.05. The van der Waals surface area contributed by atoms with E-state index in [0.29, 0.717) is 0 Å². The minimum atomic E-state index is 0.827. The van der Waals surface area contributed by atoms with E-state index in [1.165, 1.54) is 16.4 Å². The smallest absolute Gasteiger partial charge is 0.119 e. The number of unbranched alkanes of at least 4 members (excludes halogenated alkanes) is 2. The largest absolute Gasteiger partial charge is 0.494 e. The Morgan fingerprint density at radius 2 is 1.79 bits per heavy atom. The first-order chi connectivity index (χ1) is 6.83. The molecule has 0 fully saturated rings. The Bertz CT molecular complexity index is 248. The molecule has 0 atom stereocenters. The second-order valence-corrected chi connectivity index (χ2v) is 5.09. The number of hydrogen-bond donors (Lipinski definition) is 0. The number of benzene rings is 1. The average molecular weight is 369 g/mol. The van der Waals surface area contributed by atoms with Crippen LogP contribution in [0.2, 0.25) is 0 Å². The van der Waals surface area contributed by atoms with Gasteiger partial charge in [-0.15, -0.1) is 0 Å². The number of ether oxygens (including phenoxy) is 1. The molecular formula is C11H14BrIO. The van der Waals surface area contributed by atoms with Crippen LogP contribution < -0.4 is 4.74 Å². The quantitative estimate of drug-likeness (QED) is 0.414. The highest BCUT2D eigenvalue weighted by Crippen LogP contribution is 2.13. The second kappa shape index (κ2) is 7.51. The number of rotatable bonds is 6. The first kappa shape index (κ1) is 12.3. The van der Waals surface area contributed by atoms with Crippen LogP contribution in [0, 0.1) is 3.57 Å². The summed E-state index contributed by atoms with van der Waals surface area (Å²) in [7, 11) is 0. The van der Waals surface area contributed by atoms with Crippen LogP contribution in [0.1, 0.15) is 19.3 Å². The third-order valence-electron chi connectivity index (χ3n) is 1.86. The van der Waals surface area contributed by atoms with Crippen molar-refractivity contribution in [3.05, 3.63) is 27.8 Å². The molecule has 78 valence electrons. The summed E-state index contributed by atoms with van der Waals surface area (Å²) >= 11 is 5.70. The van der Waals surface area contributed by atoms with Crippen molar-refractivity contribution in [3.8, 4) is 5.75 Å². The maximum atomic E-state index is 5.59. The number of halogens is 2. The normalized spacial score (nSPS) is 10.1. The van der Waals surface area contributed by atoms with Crippen molar-refractivity contribution in [2.75, 3.05) is 11.9 Å². The Balaban J connectivity index is 2.15. The lowest BCUT2D eigenvalue weighted by Gasteiger charge is -2.05. The van der Waals surface area contributed by atoms with Gasteiger partial charge in [0.05, 0.1) is 6.61 Å². The SMILES string of the molecule is BrCCCCCOc1ccc(I)cc1. The van der Waals surface area contributed by atoms with Crippen molar-refractivity contribution >= 4 is 38.5 Å². The maximum Gasteiger partial charge on any atom is 0.119 e. The molecule has 1 aromatic carbocycles. The number of hydrogen-bond acceptors (Lipinski definition) is 1. The molecule has 3 heteroatoms. The first-order valence-corrected chi connectivity index (χ1v) is 6.97. The molecule has 0 heterocycles. The molecule has 0 radical (unpaired) electrons. The Morgan fingerprint density at radius 1 is 1.07 bits per heavy atom. The van der Waals surface area contributed by atoms with E-state index in [1.807, 2.05) is 12.1 Å². The molecule has 1 aromatic rings. The summed E-state index contributed by atoms with van der Waals surface area (Å²) in [6.45, 7) is 0.827. The van der Waals surface area contributed by atoms with Gasteiger partial charge in [-0.3, -0.25) is 0 Å². The van der Waals surface area contributed by atoms with Crippen molar-refractivity contribution in [3.63, 3.8) is 0 Å². The monoisotopic (exact) mass is 368 g/mol. The van der Waals surface area contributed by atoms with Gasteiger partial charge >= 0.3 is 0 Å². The van der Waals surface area contributed by atoms with Crippen molar-refractivity contribution in [1.82, 2.24) is 0 Å². The van der Waals surface area contributed by atoms with Gasteiger partial charge in [0.25, 0.3) is 0 Å². The fourth-order valence-corrected chi connectivity index (χ4v) is 1.85. The molecule has 0 saturated carbocycles. The zero-order valence-electron chi connectivity index (χ0n) is 8.01. The molecule has 0 aliphatic rings. The summed E-state index contributed by atoms with van der Waals surface area (Å²) in [5.41, 5.74) is 0. The van der Waals surface area contributed by atoms with Gasteiger partial charge in [-0.05, 0) is 66.1 Å². The first-order valence-electron chi connectivity index (χ1n) is 4.77. The molecule has 0 unspecified atom stereocenters. The van der Waals surface area contributed by atoms with E-state index in [2.05, 4.69) is 50.7 Å². The molecule has 0 aliphatic heterocycles. The average Bonchev–Trinajstić information content (AvgIpc) is 2.21. The number of alkyl halides is 1. The van der Waals surface area contributed by atoms with Crippen LogP contribution >= 0.6 is 38.5 Å². The maximum absolute atomic E-state index is 5.59. The molecule has 0 amide bonds. The van der Waals surface area contributed by atoms with Crippen LogP contribution in [0.5, 0.6) is 5.75 Å². The molecular weight excluding hydrogens is 355 g/mol. The summed E-state index contributed by atoms with van der Waals surface area (Å²) in [5, 5.41) is 1.09. The Hall–Kier alpha value is 0.230. The van der Waals surface area contributed by atoms with E-state index in [4.69, 9.17) is 4.74 Å². The van der Waals surface area contributed by atoms with Crippen LogP contribution in [-0.2, 0) is 0 Å². The van der Waals surface area contributed by atoms with E-state index >= 15 is 0 Å². The molecule has 0 aromatic heterocycles. The van der Waals surface area contributed by atoms with Crippen LogP contribution in [0.4, 0.5) is 0 Å². The molecule has 0 saturated heterocycles. The van der Waals surface area contributed by atoms with E-state index < -0.39 is 0 Å². The predicted octanol–water partition coefficient (Wildman–Crippen LogP) is 4.24. The zero-order valence-corrected chi connectivity index (χ0v) is 11.8. The summed E-state index contributed by atoms with van der Waals surface area (Å²) in [5.74, 6) is 0.976. The lowest BCUT2D eigenvalue weighted by Crippen LogP contribution is -1.97. The summed E-state index contributed by atoms with van der Waals surface area (Å²) in [6, 6.07) is 8.17. The fraction of sp³-hybridized carbons (Fsp3) is 0.455. The van der Waals surface area contributed by atoms with Crippen molar-refractivity contribution in [1.29, 1.82) is 0 Å². The molecule has 1 nitrogen and oxygen atoms in total. The van der Waals surface area contributed by atoms with Gasteiger partial charge in [-0.25, -0.2) is 0 Å². The zero-order chi connectivity index (χ0) is 10.2. The lowest BCUT2D eigenvalue weighted by atomic mass is 10.3. The van der Waals surface area contributed by atoms with Crippen LogP contribution in [-0.4, -0.2) is 11.9 Å². The molecule has 0 spiro atoms. The van der Waals surface area contributed by atoms with Crippen molar-refractivity contribution in [2.45, 2.75) is 19.3 Å². The molecule has 0 N–H and O–H groups in total. The lowest BCUT2D eigenvalue weighted by molar-refractivity contribution is 0.306. The van der Waals surface area contributed by atoms with E-state index in [0.717, 1.165) is 24.1 Å². The molecule has 0 aliphatic carbocycles. The fourth-order valence-electron chi connectivity index (χ4n) is 1.09. The minimum absolute atomic E-state index is 0.827. The highest BCUT2D eigenvalue weighted by Gasteiger charge is 1.93. The van der Waals surface area contributed by atoms with Gasteiger partial charge in [0.2, 0.25) is 0 Å². The topological polar surface area (TPSA) is 9.23 Å². The summed E-state index contributed by atoms with van der Waals surface area (Å²) < 4.78 is 6.83. The van der Waals surface area contributed by atoms with Crippen LogP contribution in [0.25, 0.3) is 0 Å². The molecule has 1 rings (SSSR count). The highest BCUT2D eigenvalue weighted by atomic mass is 127. The van der Waals surface area contributed by atoms with Gasteiger partial charge in [0, 0.05) is 8.90 Å². The van der Waals surface area contributed by atoms with Crippen LogP contribution in [0.15, 0.2) is 24.3 Å². The Morgan fingerprint density at radius 3 is 2.43 bits per heavy atom. The van der Waals surface area contributed by atoms with E-state index in [9.17, 15) is 0 Å². The summed E-state index contributed by atoms with van der Waals surface area (Å²) in [4.78, 5) is 0. The van der Waals surface area contributed by atoms with Crippen molar-refractivity contribution < 1.29 is 4.74 Å². The van der Waals surface area contributed by atoms with Gasteiger partial charge in [0.15, 0.2) is 0 Å². The standard InChI is InChI=1S/C11H14BrIO/c12-8-2-1-3-9-14-11-6-4-10(13)5-7-11/h4-7H,1-3,8-9H2. The van der Waals surface area contributed by atoms with Crippen molar-refractivity contribution in [2.24, 2.45) is 0 Å². The molecule has 14 heavy (non-hydrogen) atoms. The molecule has 0 bridgehead atoms. The Kier molecular flexibility index (Phi) is 6.60. The predicted molar refractivity (Wildman–Crippen MR) is 72.3 cm³/mol. The van der Waals surface area contributed by atoms with E-state index in [-0.39, 0.29) is 0 Å². The van der Waals surface area contributed by atoms with Gasteiger partial charge in [-0.2, -0.15) is 0 Å². The Labute approximate surface area is 107 Å². The van der Waals surface area contributed by atoms with Gasteiger partial charge in [0.1, 0.15) is 5.75 Å². The van der Waals surface area contributed by atoms with Crippen LogP contribution in [0.3, 0.4) is 0 Å². The highest BCUT2D eigenvalue weighted by molar-refractivity contribution is 14.1. The van der Waals surface area contributed by atoms with Gasteiger partial charge in [-0.1, -0.05) is 15.9 Å². The van der Waals surface area contributed by atoms with E-state index in [1.54, 1.807) is 0 Å². The summed E-state index contributed by atoms with van der Waals surface area (Å²) in [6.07, 6.45) is 3.60. The third-order valence-corrected chi connectivity index (χ3v) is 3.14. The third kappa shape index (κ3) is 5.20.